The lowest BCUT2D eigenvalue weighted by atomic mass is 10.4. The zero-order valence-electron chi connectivity index (χ0n) is 8.00. The fraction of sp³-hybridized carbons (Fsp3) is 0.444. The second-order valence-corrected chi connectivity index (χ2v) is 4.88. The summed E-state index contributed by atoms with van der Waals surface area (Å²) in [6.45, 7) is 0.781. The summed E-state index contributed by atoms with van der Waals surface area (Å²) < 4.78 is 10.8. The van der Waals surface area contributed by atoms with Gasteiger partial charge >= 0.3 is 0 Å². The first-order chi connectivity index (χ1) is 6.70. The van der Waals surface area contributed by atoms with E-state index in [0.717, 1.165) is 24.4 Å². The molecule has 0 spiro atoms. The first-order valence-electron chi connectivity index (χ1n) is 4.33. The van der Waals surface area contributed by atoms with Gasteiger partial charge in [0.25, 0.3) is 0 Å². The first-order valence-corrected chi connectivity index (χ1v) is 6.44. The van der Waals surface area contributed by atoms with Gasteiger partial charge in [-0.3, -0.25) is 9.19 Å². The average molecular weight is 233 g/mol. The molecule has 1 aromatic rings. The van der Waals surface area contributed by atoms with Gasteiger partial charge in [0.15, 0.2) is 0 Å². The molecule has 5 heteroatoms. The van der Waals surface area contributed by atoms with Crippen molar-refractivity contribution >= 4 is 28.1 Å². The quantitative estimate of drug-likeness (QED) is 0.789. The molecule has 0 bridgehead atoms. The van der Waals surface area contributed by atoms with E-state index in [0.29, 0.717) is 5.02 Å². The van der Waals surface area contributed by atoms with Crippen molar-refractivity contribution in [3.63, 3.8) is 0 Å². The van der Waals surface area contributed by atoms with Gasteiger partial charge in [0.1, 0.15) is 0 Å². The minimum atomic E-state index is -0.714. The highest BCUT2D eigenvalue weighted by molar-refractivity contribution is 7.84. The van der Waals surface area contributed by atoms with E-state index in [1.165, 1.54) is 0 Å². The Morgan fingerprint density at radius 2 is 2.43 bits per heavy atom. The Morgan fingerprint density at radius 3 is 3.07 bits per heavy atom. The predicted molar refractivity (Wildman–Crippen MR) is 61.3 cm³/mol. The van der Waals surface area contributed by atoms with Gasteiger partial charge in [-0.05, 0) is 12.5 Å². The number of rotatable bonds is 5. The SMILES string of the molecule is CS(=O)CCCNc1ccncc1Cl. The monoisotopic (exact) mass is 232 g/mol. The molecule has 14 heavy (non-hydrogen) atoms. The molecule has 0 saturated carbocycles. The van der Waals surface area contributed by atoms with Gasteiger partial charge in [-0.1, -0.05) is 11.6 Å². The lowest BCUT2D eigenvalue weighted by molar-refractivity contribution is 0.685. The van der Waals surface area contributed by atoms with E-state index < -0.39 is 10.8 Å². The summed E-state index contributed by atoms with van der Waals surface area (Å²) in [5, 5.41) is 3.78. The zero-order valence-corrected chi connectivity index (χ0v) is 9.57. The normalized spacial score (nSPS) is 12.4. The molecule has 0 fully saturated rings. The van der Waals surface area contributed by atoms with Crippen molar-refractivity contribution in [1.82, 2.24) is 4.98 Å². The van der Waals surface area contributed by atoms with Crippen LogP contribution in [0.4, 0.5) is 5.69 Å². The minimum absolute atomic E-state index is 0.616. The smallest absolute Gasteiger partial charge is 0.0820 e. The fourth-order valence-corrected chi connectivity index (χ4v) is 1.75. The number of nitrogens with zero attached hydrogens (tertiary/aromatic N) is 1. The van der Waals surface area contributed by atoms with Crippen LogP contribution in [0.15, 0.2) is 18.5 Å². The zero-order chi connectivity index (χ0) is 10.4. The highest BCUT2D eigenvalue weighted by Gasteiger charge is 1.97. The number of anilines is 1. The third-order valence-corrected chi connectivity index (χ3v) is 2.86. The van der Waals surface area contributed by atoms with E-state index in [2.05, 4.69) is 10.3 Å². The van der Waals surface area contributed by atoms with Crippen LogP contribution in [-0.2, 0) is 10.8 Å². The third kappa shape index (κ3) is 4.07. The van der Waals surface area contributed by atoms with Crippen LogP contribution in [0, 0.1) is 0 Å². The highest BCUT2D eigenvalue weighted by atomic mass is 35.5. The molecule has 1 rings (SSSR count). The molecular weight excluding hydrogens is 220 g/mol. The summed E-state index contributed by atoms with van der Waals surface area (Å²) >= 11 is 5.88. The number of pyridine rings is 1. The molecule has 1 atom stereocenters. The molecule has 1 aromatic heterocycles. The standard InChI is InChI=1S/C9H13ClN2OS/c1-14(13)6-2-4-12-9-3-5-11-7-8(9)10/h3,5,7H,2,4,6H2,1H3,(H,11,12). The Morgan fingerprint density at radius 1 is 1.64 bits per heavy atom. The summed E-state index contributed by atoms with van der Waals surface area (Å²) in [7, 11) is -0.714. The molecular formula is C9H13ClN2OS. The van der Waals surface area contributed by atoms with Gasteiger partial charge in [-0.25, -0.2) is 0 Å². The number of nitrogens with one attached hydrogen (secondary N) is 1. The molecule has 1 unspecified atom stereocenters. The molecule has 0 aliphatic rings. The van der Waals surface area contributed by atoms with Crippen LogP contribution in [0.25, 0.3) is 0 Å². The second kappa shape index (κ2) is 5.98. The highest BCUT2D eigenvalue weighted by Crippen LogP contribution is 2.18. The molecule has 0 amide bonds. The molecule has 0 radical (unpaired) electrons. The van der Waals surface area contributed by atoms with Gasteiger partial charge in [0.05, 0.1) is 10.7 Å². The Kier molecular flexibility index (Phi) is 4.90. The van der Waals surface area contributed by atoms with Crippen molar-refractivity contribution in [2.75, 3.05) is 23.9 Å². The number of aromatic nitrogens is 1. The Hall–Kier alpha value is -0.610. The van der Waals surface area contributed by atoms with Crippen molar-refractivity contribution in [2.45, 2.75) is 6.42 Å². The lowest BCUT2D eigenvalue weighted by Crippen LogP contribution is -2.06. The molecule has 0 aromatic carbocycles. The summed E-state index contributed by atoms with van der Waals surface area (Å²) in [6.07, 6.45) is 5.87. The molecule has 0 aliphatic carbocycles. The van der Waals surface area contributed by atoms with Gasteiger partial charge < -0.3 is 5.32 Å². The molecule has 0 saturated heterocycles. The predicted octanol–water partition coefficient (Wildman–Crippen LogP) is 1.92. The van der Waals surface area contributed by atoms with Crippen molar-refractivity contribution in [2.24, 2.45) is 0 Å². The molecule has 1 heterocycles. The van der Waals surface area contributed by atoms with Crippen LogP contribution in [0.3, 0.4) is 0 Å². The number of halogens is 1. The van der Waals surface area contributed by atoms with Crippen LogP contribution in [0.1, 0.15) is 6.42 Å². The Bertz CT molecular complexity index is 319. The molecule has 3 nitrogen and oxygen atoms in total. The number of hydrogen-bond donors (Lipinski definition) is 1. The van der Waals surface area contributed by atoms with E-state index in [1.807, 2.05) is 6.07 Å². The van der Waals surface area contributed by atoms with Crippen LogP contribution in [-0.4, -0.2) is 27.7 Å². The largest absolute Gasteiger partial charge is 0.384 e. The minimum Gasteiger partial charge on any atom is -0.384 e. The van der Waals surface area contributed by atoms with Gasteiger partial charge in [0, 0.05) is 41.7 Å². The van der Waals surface area contributed by atoms with E-state index in [-0.39, 0.29) is 0 Å². The maximum absolute atomic E-state index is 10.8. The fourth-order valence-electron chi connectivity index (χ4n) is 1.02. The Labute approximate surface area is 91.3 Å². The topological polar surface area (TPSA) is 42.0 Å². The second-order valence-electron chi connectivity index (χ2n) is 2.91. The van der Waals surface area contributed by atoms with Crippen molar-refractivity contribution in [3.05, 3.63) is 23.5 Å². The van der Waals surface area contributed by atoms with E-state index in [9.17, 15) is 4.21 Å². The van der Waals surface area contributed by atoms with Gasteiger partial charge in [-0.15, -0.1) is 0 Å². The lowest BCUT2D eigenvalue weighted by Gasteiger charge is -2.06. The third-order valence-electron chi connectivity index (χ3n) is 1.70. The Balaban J connectivity index is 2.31. The summed E-state index contributed by atoms with van der Waals surface area (Å²) in [5.74, 6) is 0.718. The summed E-state index contributed by atoms with van der Waals surface area (Å²) in [4.78, 5) is 3.88. The summed E-state index contributed by atoms with van der Waals surface area (Å²) in [6, 6.07) is 1.82. The van der Waals surface area contributed by atoms with Crippen LogP contribution < -0.4 is 5.32 Å². The van der Waals surface area contributed by atoms with Gasteiger partial charge in [-0.2, -0.15) is 0 Å². The maximum atomic E-state index is 10.8. The first kappa shape index (κ1) is 11.5. The summed E-state index contributed by atoms with van der Waals surface area (Å²) in [5.41, 5.74) is 0.878. The van der Waals surface area contributed by atoms with Gasteiger partial charge in [0.2, 0.25) is 0 Å². The van der Waals surface area contributed by atoms with E-state index >= 15 is 0 Å². The van der Waals surface area contributed by atoms with Crippen molar-refractivity contribution in [1.29, 1.82) is 0 Å². The maximum Gasteiger partial charge on any atom is 0.0820 e. The van der Waals surface area contributed by atoms with Crippen LogP contribution >= 0.6 is 11.6 Å². The number of hydrogen-bond acceptors (Lipinski definition) is 3. The average Bonchev–Trinajstić information content (AvgIpc) is 2.15. The van der Waals surface area contributed by atoms with E-state index in [1.54, 1.807) is 18.6 Å². The van der Waals surface area contributed by atoms with E-state index in [4.69, 9.17) is 11.6 Å². The molecule has 1 N–H and O–H groups in total. The van der Waals surface area contributed by atoms with Crippen molar-refractivity contribution < 1.29 is 4.21 Å². The van der Waals surface area contributed by atoms with Crippen molar-refractivity contribution in [3.8, 4) is 0 Å². The molecule has 0 aliphatic heterocycles. The van der Waals surface area contributed by atoms with Crippen LogP contribution in [0.2, 0.25) is 5.02 Å². The molecule has 78 valence electrons. The van der Waals surface area contributed by atoms with Crippen LogP contribution in [0.5, 0.6) is 0 Å².